The van der Waals surface area contributed by atoms with Crippen LogP contribution >= 0.6 is 46.4 Å². The van der Waals surface area contributed by atoms with E-state index >= 15 is 0 Å². The summed E-state index contributed by atoms with van der Waals surface area (Å²) in [5.41, 5.74) is 0.720. The van der Waals surface area contributed by atoms with Gasteiger partial charge in [-0.2, -0.15) is 0 Å². The second-order valence-electron chi connectivity index (χ2n) is 9.46. The lowest BCUT2D eigenvalue weighted by atomic mass is 10.1. The zero-order chi connectivity index (χ0) is 30.3. The van der Waals surface area contributed by atoms with E-state index in [2.05, 4.69) is 5.32 Å². The Morgan fingerprint density at radius 3 is 2.05 bits per heavy atom. The van der Waals surface area contributed by atoms with E-state index in [9.17, 15) is 18.0 Å². The van der Waals surface area contributed by atoms with Gasteiger partial charge in [-0.3, -0.25) is 13.9 Å². The maximum absolute atomic E-state index is 14.1. The van der Waals surface area contributed by atoms with Gasteiger partial charge >= 0.3 is 0 Å². The third-order valence-corrected chi connectivity index (χ3v) is 9.43. The molecule has 0 aliphatic heterocycles. The average Bonchev–Trinajstić information content (AvgIpc) is 2.93. The van der Waals surface area contributed by atoms with Crippen molar-refractivity contribution in [3.8, 4) is 0 Å². The summed E-state index contributed by atoms with van der Waals surface area (Å²) in [4.78, 5) is 28.8. The van der Waals surface area contributed by atoms with E-state index in [0.717, 1.165) is 4.31 Å². The van der Waals surface area contributed by atoms with Crippen molar-refractivity contribution < 1.29 is 18.0 Å². The third-order valence-electron chi connectivity index (χ3n) is 6.47. The van der Waals surface area contributed by atoms with Crippen molar-refractivity contribution >= 4 is 73.9 Å². The molecule has 0 radical (unpaired) electrons. The van der Waals surface area contributed by atoms with Crippen LogP contribution in [0.5, 0.6) is 0 Å². The maximum atomic E-state index is 14.1. The summed E-state index contributed by atoms with van der Waals surface area (Å²) in [6.45, 7) is 4.95. The van der Waals surface area contributed by atoms with Gasteiger partial charge in [-0.25, -0.2) is 8.42 Å². The lowest BCUT2D eigenvalue weighted by molar-refractivity contribution is -0.140. The topological polar surface area (TPSA) is 86.8 Å². The van der Waals surface area contributed by atoms with E-state index in [1.807, 2.05) is 13.8 Å². The van der Waals surface area contributed by atoms with Gasteiger partial charge in [0.05, 0.1) is 20.6 Å². The van der Waals surface area contributed by atoms with Gasteiger partial charge in [0, 0.05) is 22.6 Å². The van der Waals surface area contributed by atoms with Gasteiger partial charge in [-0.05, 0) is 67.8 Å². The molecule has 7 nitrogen and oxygen atoms in total. The Morgan fingerprint density at radius 2 is 1.49 bits per heavy atom. The van der Waals surface area contributed by atoms with E-state index < -0.39 is 28.5 Å². The molecule has 2 atom stereocenters. The second kappa shape index (κ2) is 14.6. The van der Waals surface area contributed by atoms with Crippen LogP contribution in [0.4, 0.5) is 5.69 Å². The van der Waals surface area contributed by atoms with Crippen molar-refractivity contribution in [2.24, 2.45) is 0 Å². The van der Waals surface area contributed by atoms with E-state index in [1.165, 1.54) is 35.2 Å². The van der Waals surface area contributed by atoms with E-state index in [1.54, 1.807) is 43.3 Å². The monoisotopic (exact) mass is 657 g/mol. The average molecular weight is 659 g/mol. The van der Waals surface area contributed by atoms with E-state index in [-0.39, 0.29) is 50.6 Å². The Kier molecular flexibility index (Phi) is 11.8. The Labute approximate surface area is 261 Å². The van der Waals surface area contributed by atoms with Crippen LogP contribution in [-0.2, 0) is 26.2 Å². The molecule has 0 fully saturated rings. The van der Waals surface area contributed by atoms with Gasteiger partial charge in [-0.1, -0.05) is 84.5 Å². The van der Waals surface area contributed by atoms with Crippen molar-refractivity contribution in [1.82, 2.24) is 10.2 Å². The van der Waals surface area contributed by atoms with Crippen LogP contribution in [0.15, 0.2) is 71.6 Å². The maximum Gasteiger partial charge on any atom is 0.264 e. The Morgan fingerprint density at radius 1 is 0.854 bits per heavy atom. The molecule has 0 bridgehead atoms. The zero-order valence-corrected chi connectivity index (χ0v) is 26.6. The summed E-state index contributed by atoms with van der Waals surface area (Å²) in [5.74, 6) is -0.962. The van der Waals surface area contributed by atoms with Gasteiger partial charge < -0.3 is 10.2 Å². The van der Waals surface area contributed by atoms with Crippen LogP contribution in [-0.4, -0.2) is 43.8 Å². The number of carbonyl (C=O) groups excluding carboxylic acids is 2. The lowest BCUT2D eigenvalue weighted by Gasteiger charge is -2.34. The van der Waals surface area contributed by atoms with Crippen molar-refractivity contribution in [3.05, 3.63) is 92.4 Å². The summed E-state index contributed by atoms with van der Waals surface area (Å²) in [7, 11) is -4.25. The van der Waals surface area contributed by atoms with Crippen molar-refractivity contribution in [2.75, 3.05) is 10.8 Å². The summed E-state index contributed by atoms with van der Waals surface area (Å²) in [6, 6.07) is 15.9. The predicted molar refractivity (Wildman–Crippen MR) is 166 cm³/mol. The number of nitrogens with zero attached hydrogens (tertiary/aromatic N) is 2. The molecule has 2 amide bonds. The highest BCUT2D eigenvalue weighted by Crippen LogP contribution is 2.30. The summed E-state index contributed by atoms with van der Waals surface area (Å²) >= 11 is 24.8. The van der Waals surface area contributed by atoms with Gasteiger partial charge in [0.2, 0.25) is 11.8 Å². The number of carbonyl (C=O) groups is 2. The molecular formula is C29H31Cl4N3O4S. The molecule has 12 heteroatoms. The third kappa shape index (κ3) is 8.52. The van der Waals surface area contributed by atoms with E-state index in [0.29, 0.717) is 17.0 Å². The lowest BCUT2D eigenvalue weighted by Crippen LogP contribution is -2.53. The SMILES string of the molecule is CC[C@H](C)NC(=O)[C@H](CC)N(Cc1ccc(Cl)c(Cl)c1)C(=O)CN(c1cc(Cl)cc(Cl)c1)S(=O)(=O)c1ccccc1. The summed E-state index contributed by atoms with van der Waals surface area (Å²) in [6.07, 6.45) is 0.977. The highest BCUT2D eigenvalue weighted by atomic mass is 35.5. The molecule has 0 aromatic heterocycles. The molecule has 41 heavy (non-hydrogen) atoms. The summed E-state index contributed by atoms with van der Waals surface area (Å²) in [5, 5.41) is 3.95. The molecule has 1 N–H and O–H groups in total. The Bertz CT molecular complexity index is 1470. The zero-order valence-electron chi connectivity index (χ0n) is 22.8. The normalized spacial score (nSPS) is 12.9. The Balaban J connectivity index is 2.10. The summed E-state index contributed by atoms with van der Waals surface area (Å²) < 4.78 is 28.7. The number of amides is 2. The first kappa shape index (κ1) is 33.0. The van der Waals surface area contributed by atoms with Gasteiger partial charge in [0.15, 0.2) is 0 Å². The number of benzene rings is 3. The number of nitrogens with one attached hydrogen (secondary N) is 1. The molecule has 3 aromatic carbocycles. The number of hydrogen-bond donors (Lipinski definition) is 1. The number of sulfonamides is 1. The number of hydrogen-bond acceptors (Lipinski definition) is 4. The smallest absolute Gasteiger partial charge is 0.264 e. The second-order valence-corrected chi connectivity index (χ2v) is 13.0. The Hall–Kier alpha value is -2.49. The minimum atomic E-state index is -4.25. The van der Waals surface area contributed by atoms with Crippen molar-refractivity contribution in [3.63, 3.8) is 0 Å². The molecule has 0 spiro atoms. The molecule has 0 aliphatic rings. The molecule has 220 valence electrons. The number of rotatable bonds is 12. The van der Waals surface area contributed by atoms with Crippen LogP contribution in [0.25, 0.3) is 0 Å². The van der Waals surface area contributed by atoms with Crippen LogP contribution in [0.1, 0.15) is 39.2 Å². The first-order valence-electron chi connectivity index (χ1n) is 12.9. The molecule has 0 unspecified atom stereocenters. The highest BCUT2D eigenvalue weighted by Gasteiger charge is 2.34. The molecule has 3 aromatic rings. The fourth-order valence-corrected chi connectivity index (χ4v) is 6.38. The molecule has 0 saturated carbocycles. The minimum absolute atomic E-state index is 0.0162. The van der Waals surface area contributed by atoms with Crippen molar-refractivity contribution in [2.45, 2.75) is 57.1 Å². The van der Waals surface area contributed by atoms with Crippen molar-refractivity contribution in [1.29, 1.82) is 0 Å². The molecule has 0 saturated heterocycles. The fraction of sp³-hybridized carbons (Fsp3) is 0.310. The molecular weight excluding hydrogens is 628 g/mol. The van der Waals surface area contributed by atoms with Crippen LogP contribution in [0.3, 0.4) is 0 Å². The molecule has 3 rings (SSSR count). The number of halogens is 4. The molecule has 0 heterocycles. The van der Waals surface area contributed by atoms with Crippen LogP contribution in [0, 0.1) is 0 Å². The van der Waals surface area contributed by atoms with Crippen LogP contribution < -0.4 is 9.62 Å². The first-order valence-corrected chi connectivity index (χ1v) is 15.9. The predicted octanol–water partition coefficient (Wildman–Crippen LogP) is 7.22. The van der Waals surface area contributed by atoms with E-state index in [4.69, 9.17) is 46.4 Å². The molecule has 0 aliphatic carbocycles. The quantitative estimate of drug-likeness (QED) is 0.223. The highest BCUT2D eigenvalue weighted by molar-refractivity contribution is 7.92. The minimum Gasteiger partial charge on any atom is -0.352 e. The van der Waals surface area contributed by atoms with Gasteiger partial charge in [0.1, 0.15) is 12.6 Å². The number of anilines is 1. The van der Waals surface area contributed by atoms with Gasteiger partial charge in [0.25, 0.3) is 10.0 Å². The van der Waals surface area contributed by atoms with Gasteiger partial charge in [-0.15, -0.1) is 0 Å². The standard InChI is InChI=1S/C29H31Cl4N3O4S/c1-4-19(3)34-29(38)27(5-2)35(17-20-11-12-25(32)26(33)13-20)28(37)18-36(23-15-21(30)14-22(31)16-23)41(39,40)24-9-7-6-8-10-24/h6-16,19,27H,4-5,17-18H2,1-3H3,(H,34,38)/t19-,27-/m0/s1. The largest absolute Gasteiger partial charge is 0.352 e. The first-order chi connectivity index (χ1) is 19.4. The van der Waals surface area contributed by atoms with Crippen LogP contribution in [0.2, 0.25) is 20.1 Å². The fourth-order valence-electron chi connectivity index (χ4n) is 4.13.